The third kappa shape index (κ3) is 5.70. The molecule has 0 fully saturated rings. The molecule has 7 heteroatoms. The van der Waals surface area contributed by atoms with Crippen molar-refractivity contribution in [2.45, 2.75) is 13.3 Å². The maximum atomic E-state index is 12.5. The minimum Gasteiger partial charge on any atom is -0.419 e. The molecule has 7 nitrogen and oxygen atoms in total. The fourth-order valence-corrected chi connectivity index (χ4v) is 2.57. The number of carbonyl (C=O) groups is 2. The van der Waals surface area contributed by atoms with Crippen molar-refractivity contribution >= 4 is 11.9 Å². The summed E-state index contributed by atoms with van der Waals surface area (Å²) in [5.41, 5.74) is 1.55. The number of benzene rings is 1. The van der Waals surface area contributed by atoms with Crippen LogP contribution in [0, 0.1) is 0 Å². The van der Waals surface area contributed by atoms with E-state index in [-0.39, 0.29) is 11.5 Å². The third-order valence-corrected chi connectivity index (χ3v) is 4.05. The van der Waals surface area contributed by atoms with E-state index in [0.717, 1.165) is 25.1 Å². The molecule has 2 heterocycles. The summed E-state index contributed by atoms with van der Waals surface area (Å²) >= 11 is 0. The summed E-state index contributed by atoms with van der Waals surface area (Å²) in [4.78, 5) is 32.7. The van der Waals surface area contributed by atoms with Crippen LogP contribution in [0.25, 0.3) is 0 Å². The van der Waals surface area contributed by atoms with E-state index < -0.39 is 11.9 Å². The second kappa shape index (κ2) is 10.1. The highest BCUT2D eigenvalue weighted by Crippen LogP contribution is 2.30. The number of esters is 2. The van der Waals surface area contributed by atoms with Gasteiger partial charge in [-0.15, -0.1) is 0 Å². The Morgan fingerprint density at radius 1 is 0.897 bits per heavy atom. The Labute approximate surface area is 168 Å². The lowest BCUT2D eigenvalue weighted by molar-refractivity contribution is 0.0681. The van der Waals surface area contributed by atoms with Gasteiger partial charge in [0.05, 0.1) is 11.1 Å². The van der Waals surface area contributed by atoms with Gasteiger partial charge in [0.2, 0.25) is 0 Å². The van der Waals surface area contributed by atoms with Gasteiger partial charge in [-0.1, -0.05) is 13.0 Å². The summed E-state index contributed by atoms with van der Waals surface area (Å²) in [6.07, 6.45) is 6.70. The Kier molecular flexibility index (Phi) is 7.02. The van der Waals surface area contributed by atoms with Gasteiger partial charge >= 0.3 is 11.9 Å². The number of pyridine rings is 2. The number of rotatable bonds is 8. The van der Waals surface area contributed by atoms with Gasteiger partial charge < -0.3 is 14.8 Å². The van der Waals surface area contributed by atoms with Gasteiger partial charge in [0.15, 0.2) is 11.5 Å². The summed E-state index contributed by atoms with van der Waals surface area (Å²) < 4.78 is 11.0. The standard InChI is InChI=1S/C22H21N3O4/c1-2-23-12-9-16-7-8-19(28-21(26)17-5-3-10-24-14-17)20(13-16)29-22(27)18-6-4-11-25-15-18/h3-8,10-11,13-15,23H,2,9,12H2,1H3. The topological polar surface area (TPSA) is 90.4 Å². The van der Waals surface area contributed by atoms with E-state index in [9.17, 15) is 9.59 Å². The molecule has 1 N–H and O–H groups in total. The number of nitrogens with zero attached hydrogens (tertiary/aromatic N) is 2. The molecule has 2 aromatic heterocycles. The van der Waals surface area contributed by atoms with Crippen LogP contribution in [0.2, 0.25) is 0 Å². The predicted octanol–water partition coefficient (Wildman–Crippen LogP) is 3.07. The molecule has 0 radical (unpaired) electrons. The molecule has 0 aliphatic carbocycles. The summed E-state index contributed by atoms with van der Waals surface area (Å²) in [6.45, 7) is 3.67. The summed E-state index contributed by atoms with van der Waals surface area (Å²) in [6, 6.07) is 11.7. The maximum absolute atomic E-state index is 12.5. The normalized spacial score (nSPS) is 10.4. The van der Waals surface area contributed by atoms with Gasteiger partial charge in [0.1, 0.15) is 0 Å². The second-order valence-corrected chi connectivity index (χ2v) is 6.15. The van der Waals surface area contributed by atoms with Crippen molar-refractivity contribution in [1.82, 2.24) is 15.3 Å². The van der Waals surface area contributed by atoms with E-state index in [0.29, 0.717) is 11.1 Å². The van der Waals surface area contributed by atoms with Gasteiger partial charge in [-0.25, -0.2) is 9.59 Å². The van der Waals surface area contributed by atoms with Crippen LogP contribution in [0.5, 0.6) is 11.5 Å². The Hall–Kier alpha value is -3.58. The molecule has 0 atom stereocenters. The van der Waals surface area contributed by atoms with Crippen LogP contribution in [0.15, 0.2) is 67.3 Å². The van der Waals surface area contributed by atoms with E-state index in [1.807, 2.05) is 13.0 Å². The first-order valence-electron chi connectivity index (χ1n) is 9.25. The highest BCUT2D eigenvalue weighted by molar-refractivity contribution is 5.92. The Balaban J connectivity index is 1.83. The van der Waals surface area contributed by atoms with Crippen LogP contribution in [0.3, 0.4) is 0 Å². The molecule has 1 aromatic carbocycles. The molecule has 0 unspecified atom stereocenters. The molecule has 0 aliphatic rings. The van der Waals surface area contributed by atoms with E-state index >= 15 is 0 Å². The van der Waals surface area contributed by atoms with Gasteiger partial charge in [-0.2, -0.15) is 0 Å². The zero-order valence-electron chi connectivity index (χ0n) is 16.0. The first kappa shape index (κ1) is 20.2. The summed E-state index contributed by atoms with van der Waals surface area (Å²) in [5.74, 6) is -0.842. The lowest BCUT2D eigenvalue weighted by Gasteiger charge is -2.12. The molecule has 3 aromatic rings. The summed E-state index contributed by atoms with van der Waals surface area (Å²) in [7, 11) is 0. The van der Waals surface area contributed by atoms with Crippen LogP contribution in [-0.2, 0) is 6.42 Å². The molecular weight excluding hydrogens is 370 g/mol. The zero-order chi connectivity index (χ0) is 20.5. The van der Waals surface area contributed by atoms with Crippen LogP contribution < -0.4 is 14.8 Å². The van der Waals surface area contributed by atoms with Gasteiger partial charge in [-0.05, 0) is 61.5 Å². The van der Waals surface area contributed by atoms with Crippen LogP contribution in [0.1, 0.15) is 33.2 Å². The van der Waals surface area contributed by atoms with E-state index in [1.165, 1.54) is 12.4 Å². The molecule has 29 heavy (non-hydrogen) atoms. The third-order valence-electron chi connectivity index (χ3n) is 4.05. The van der Waals surface area contributed by atoms with Crippen molar-refractivity contribution in [3.63, 3.8) is 0 Å². The fourth-order valence-electron chi connectivity index (χ4n) is 2.57. The molecule has 0 bridgehead atoms. The number of ether oxygens (including phenoxy) is 2. The molecule has 0 amide bonds. The SMILES string of the molecule is CCNCCc1ccc(OC(=O)c2cccnc2)c(OC(=O)c2cccnc2)c1. The number of hydrogen-bond acceptors (Lipinski definition) is 7. The van der Waals surface area contributed by atoms with Gasteiger partial charge in [0, 0.05) is 24.8 Å². The smallest absolute Gasteiger partial charge is 0.345 e. The minimum atomic E-state index is -0.586. The average molecular weight is 391 g/mol. The van der Waals surface area contributed by atoms with Crippen molar-refractivity contribution in [3.8, 4) is 11.5 Å². The monoisotopic (exact) mass is 391 g/mol. The van der Waals surface area contributed by atoms with E-state index in [2.05, 4.69) is 15.3 Å². The van der Waals surface area contributed by atoms with Crippen molar-refractivity contribution in [2.75, 3.05) is 13.1 Å². The number of aromatic nitrogens is 2. The fraction of sp³-hybridized carbons (Fsp3) is 0.182. The number of likely N-dealkylation sites (N-methyl/N-ethyl adjacent to an activating group) is 1. The average Bonchev–Trinajstić information content (AvgIpc) is 2.76. The lowest BCUT2D eigenvalue weighted by Crippen LogP contribution is -2.16. The van der Waals surface area contributed by atoms with Crippen LogP contribution in [-0.4, -0.2) is 35.0 Å². The maximum Gasteiger partial charge on any atom is 0.345 e. The lowest BCUT2D eigenvalue weighted by atomic mass is 10.1. The van der Waals surface area contributed by atoms with Gasteiger partial charge in [0.25, 0.3) is 0 Å². The number of carbonyl (C=O) groups excluding carboxylic acids is 2. The molecule has 0 aliphatic heterocycles. The summed E-state index contributed by atoms with van der Waals surface area (Å²) in [5, 5.41) is 3.24. The number of hydrogen-bond donors (Lipinski definition) is 1. The first-order valence-corrected chi connectivity index (χ1v) is 9.25. The molecule has 0 spiro atoms. The first-order chi connectivity index (χ1) is 14.2. The Morgan fingerprint density at radius 2 is 1.52 bits per heavy atom. The zero-order valence-corrected chi connectivity index (χ0v) is 16.0. The van der Waals surface area contributed by atoms with Crippen molar-refractivity contribution in [2.24, 2.45) is 0 Å². The Morgan fingerprint density at radius 3 is 2.07 bits per heavy atom. The highest BCUT2D eigenvalue weighted by Gasteiger charge is 2.17. The van der Waals surface area contributed by atoms with Crippen molar-refractivity contribution in [3.05, 3.63) is 83.9 Å². The predicted molar refractivity (Wildman–Crippen MR) is 107 cm³/mol. The molecule has 148 valence electrons. The van der Waals surface area contributed by atoms with E-state index in [4.69, 9.17) is 9.47 Å². The van der Waals surface area contributed by atoms with E-state index in [1.54, 1.807) is 48.8 Å². The minimum absolute atomic E-state index is 0.156. The second-order valence-electron chi connectivity index (χ2n) is 6.15. The van der Waals surface area contributed by atoms with Crippen molar-refractivity contribution < 1.29 is 19.1 Å². The van der Waals surface area contributed by atoms with Crippen molar-refractivity contribution in [1.29, 1.82) is 0 Å². The van der Waals surface area contributed by atoms with Crippen LogP contribution >= 0.6 is 0 Å². The van der Waals surface area contributed by atoms with Gasteiger partial charge in [-0.3, -0.25) is 9.97 Å². The molecule has 3 rings (SSSR count). The highest BCUT2D eigenvalue weighted by atomic mass is 16.6. The number of nitrogens with one attached hydrogen (secondary N) is 1. The van der Waals surface area contributed by atoms with Crippen LogP contribution in [0.4, 0.5) is 0 Å². The molecule has 0 saturated heterocycles. The Bertz CT molecular complexity index is 962. The largest absolute Gasteiger partial charge is 0.419 e. The quantitative estimate of drug-likeness (QED) is 0.358. The molecule has 0 saturated carbocycles. The molecular formula is C22H21N3O4.